The van der Waals surface area contributed by atoms with Crippen molar-refractivity contribution in [1.82, 2.24) is 5.43 Å². The van der Waals surface area contributed by atoms with E-state index in [1.165, 1.54) is 12.1 Å². The van der Waals surface area contributed by atoms with Gasteiger partial charge in [-0.15, -0.1) is 13.2 Å². The normalized spacial score (nSPS) is 11.2. The first-order valence-electron chi connectivity index (χ1n) is 6.03. The van der Waals surface area contributed by atoms with Crippen molar-refractivity contribution in [2.45, 2.75) is 12.9 Å². The lowest BCUT2D eigenvalue weighted by atomic mass is 10.2. The predicted octanol–water partition coefficient (Wildman–Crippen LogP) is 4.46. The maximum atomic E-state index is 12.4. The summed E-state index contributed by atoms with van der Waals surface area (Å²) < 4.78 is 41.7. The van der Waals surface area contributed by atoms with Crippen LogP contribution in [0.25, 0.3) is 0 Å². The third kappa shape index (κ3) is 4.95. The van der Waals surface area contributed by atoms with Gasteiger partial charge >= 0.3 is 6.36 Å². The fourth-order valence-corrected chi connectivity index (χ4v) is 2.18. The number of anilines is 1. The summed E-state index contributed by atoms with van der Waals surface area (Å²) in [5.41, 5.74) is 6.94. The lowest BCUT2D eigenvalue weighted by Gasteiger charge is -2.15. The zero-order valence-corrected chi connectivity index (χ0v) is 12.3. The Morgan fingerprint density at radius 2 is 1.71 bits per heavy atom. The standard InChI is InChI=1S/C14H12BrF3N2O/c15-12-7-4-8-13(21-14(16,17)18)11(12)9-19-20-10-5-2-1-3-6-10/h1-8,19-20H,9H2. The van der Waals surface area contributed by atoms with E-state index in [0.29, 0.717) is 10.0 Å². The van der Waals surface area contributed by atoms with E-state index >= 15 is 0 Å². The summed E-state index contributed by atoms with van der Waals surface area (Å²) in [5, 5.41) is 0. The minimum Gasteiger partial charge on any atom is -0.405 e. The van der Waals surface area contributed by atoms with Crippen LogP contribution < -0.4 is 15.6 Å². The average Bonchev–Trinajstić information content (AvgIpc) is 2.41. The molecule has 2 rings (SSSR count). The lowest BCUT2D eigenvalue weighted by Crippen LogP contribution is -2.23. The summed E-state index contributed by atoms with van der Waals surface area (Å²) in [6.07, 6.45) is -4.72. The van der Waals surface area contributed by atoms with Crippen LogP contribution in [0, 0.1) is 0 Å². The molecule has 0 unspecified atom stereocenters. The molecular weight excluding hydrogens is 349 g/mol. The van der Waals surface area contributed by atoms with Crippen molar-refractivity contribution < 1.29 is 17.9 Å². The van der Waals surface area contributed by atoms with Gasteiger partial charge in [-0.3, -0.25) is 0 Å². The van der Waals surface area contributed by atoms with E-state index in [9.17, 15) is 13.2 Å². The summed E-state index contributed by atoms with van der Waals surface area (Å²) in [6, 6.07) is 13.6. The van der Waals surface area contributed by atoms with Crippen molar-refractivity contribution >= 4 is 21.6 Å². The summed E-state index contributed by atoms with van der Waals surface area (Å²) in [5.74, 6) is -0.237. The molecule has 0 fully saturated rings. The molecule has 0 aliphatic rings. The topological polar surface area (TPSA) is 33.3 Å². The number of para-hydroxylation sites is 1. The van der Waals surface area contributed by atoms with Crippen molar-refractivity contribution in [2.24, 2.45) is 0 Å². The quantitative estimate of drug-likeness (QED) is 0.772. The molecule has 2 aromatic rings. The Bertz CT molecular complexity index is 591. The van der Waals surface area contributed by atoms with Crippen LogP contribution in [0.15, 0.2) is 53.0 Å². The van der Waals surface area contributed by atoms with E-state index in [2.05, 4.69) is 31.5 Å². The van der Waals surface area contributed by atoms with Crippen LogP contribution >= 0.6 is 15.9 Å². The number of hydrogen-bond donors (Lipinski definition) is 2. The van der Waals surface area contributed by atoms with Gasteiger partial charge < -0.3 is 10.2 Å². The summed E-state index contributed by atoms with van der Waals surface area (Å²) >= 11 is 3.23. The Kier molecular flexibility index (Phi) is 5.08. The molecule has 112 valence electrons. The van der Waals surface area contributed by atoms with Gasteiger partial charge in [0, 0.05) is 22.3 Å². The molecule has 0 bridgehead atoms. The van der Waals surface area contributed by atoms with E-state index in [4.69, 9.17) is 0 Å². The number of nitrogens with one attached hydrogen (secondary N) is 2. The van der Waals surface area contributed by atoms with Crippen molar-refractivity contribution in [3.63, 3.8) is 0 Å². The first-order valence-corrected chi connectivity index (χ1v) is 6.82. The SMILES string of the molecule is FC(F)(F)Oc1cccc(Br)c1CNNc1ccccc1. The molecule has 0 atom stereocenters. The lowest BCUT2D eigenvalue weighted by molar-refractivity contribution is -0.274. The first-order chi connectivity index (χ1) is 9.96. The van der Waals surface area contributed by atoms with Crippen LogP contribution in [0.1, 0.15) is 5.56 Å². The second kappa shape index (κ2) is 6.82. The summed E-state index contributed by atoms with van der Waals surface area (Å²) in [6.45, 7) is 0.154. The number of hydrazine groups is 1. The molecule has 0 saturated heterocycles. The zero-order chi connectivity index (χ0) is 15.3. The first kappa shape index (κ1) is 15.7. The van der Waals surface area contributed by atoms with Crippen molar-refractivity contribution in [3.8, 4) is 5.75 Å². The van der Waals surface area contributed by atoms with Crippen LogP contribution in [0.3, 0.4) is 0 Å². The van der Waals surface area contributed by atoms with Gasteiger partial charge in [-0.05, 0) is 24.3 Å². The van der Waals surface area contributed by atoms with Gasteiger partial charge in [0.05, 0.1) is 0 Å². The fraction of sp³-hybridized carbons (Fsp3) is 0.143. The maximum Gasteiger partial charge on any atom is 0.573 e. The second-order valence-corrected chi connectivity index (χ2v) is 4.96. The van der Waals surface area contributed by atoms with Crippen LogP contribution in [-0.2, 0) is 6.54 Å². The second-order valence-electron chi connectivity index (χ2n) is 4.11. The highest BCUT2D eigenvalue weighted by molar-refractivity contribution is 9.10. The number of rotatable bonds is 5. The summed E-state index contributed by atoms with van der Waals surface area (Å²) in [7, 11) is 0. The Balaban J connectivity index is 2.05. The van der Waals surface area contributed by atoms with Gasteiger partial charge in [-0.1, -0.05) is 40.2 Å². The molecule has 0 aliphatic carbocycles. The van der Waals surface area contributed by atoms with E-state index in [1.54, 1.807) is 6.07 Å². The molecular formula is C14H12BrF3N2O. The minimum absolute atomic E-state index is 0.154. The fourth-order valence-electron chi connectivity index (χ4n) is 1.69. The van der Waals surface area contributed by atoms with Gasteiger partial charge in [0.1, 0.15) is 5.75 Å². The number of ether oxygens (including phenoxy) is 1. The van der Waals surface area contributed by atoms with Gasteiger partial charge in [0.15, 0.2) is 0 Å². The van der Waals surface area contributed by atoms with E-state index in [0.717, 1.165) is 5.69 Å². The molecule has 0 amide bonds. The Hall–Kier alpha value is -1.73. The number of hydrogen-bond acceptors (Lipinski definition) is 3. The molecule has 2 N–H and O–H groups in total. The minimum atomic E-state index is -4.72. The van der Waals surface area contributed by atoms with Gasteiger partial charge in [0.25, 0.3) is 0 Å². The number of alkyl halides is 3. The molecule has 0 radical (unpaired) electrons. The van der Waals surface area contributed by atoms with Crippen molar-refractivity contribution in [2.75, 3.05) is 5.43 Å². The highest BCUT2D eigenvalue weighted by atomic mass is 79.9. The van der Waals surface area contributed by atoms with E-state index < -0.39 is 6.36 Å². The van der Waals surface area contributed by atoms with Crippen molar-refractivity contribution in [1.29, 1.82) is 0 Å². The molecule has 0 heterocycles. The maximum absolute atomic E-state index is 12.4. The molecule has 0 spiro atoms. The monoisotopic (exact) mass is 360 g/mol. The highest BCUT2D eigenvalue weighted by Gasteiger charge is 2.32. The Labute approximate surface area is 128 Å². The van der Waals surface area contributed by atoms with Gasteiger partial charge in [-0.25, -0.2) is 5.43 Å². The molecule has 21 heavy (non-hydrogen) atoms. The van der Waals surface area contributed by atoms with Crippen LogP contribution in [0.2, 0.25) is 0 Å². The Morgan fingerprint density at radius 1 is 1.00 bits per heavy atom. The molecule has 0 aliphatic heterocycles. The molecule has 3 nitrogen and oxygen atoms in total. The number of benzene rings is 2. The van der Waals surface area contributed by atoms with Crippen LogP contribution in [0.5, 0.6) is 5.75 Å². The smallest absolute Gasteiger partial charge is 0.405 e. The van der Waals surface area contributed by atoms with Gasteiger partial charge in [-0.2, -0.15) is 0 Å². The molecule has 7 heteroatoms. The highest BCUT2D eigenvalue weighted by Crippen LogP contribution is 2.31. The third-order valence-corrected chi connectivity index (χ3v) is 3.32. The third-order valence-electron chi connectivity index (χ3n) is 2.57. The average molecular weight is 361 g/mol. The summed E-state index contributed by atoms with van der Waals surface area (Å²) in [4.78, 5) is 0. The number of halogens is 4. The van der Waals surface area contributed by atoms with E-state index in [1.807, 2.05) is 30.3 Å². The van der Waals surface area contributed by atoms with Crippen molar-refractivity contribution in [3.05, 3.63) is 58.6 Å². The molecule has 0 saturated carbocycles. The van der Waals surface area contributed by atoms with E-state index in [-0.39, 0.29) is 12.3 Å². The molecule has 0 aromatic heterocycles. The predicted molar refractivity (Wildman–Crippen MR) is 77.7 cm³/mol. The van der Waals surface area contributed by atoms with Gasteiger partial charge in [0.2, 0.25) is 0 Å². The van der Waals surface area contributed by atoms with Crippen LogP contribution in [0.4, 0.5) is 18.9 Å². The molecule has 2 aromatic carbocycles. The zero-order valence-electron chi connectivity index (χ0n) is 10.7. The Morgan fingerprint density at radius 3 is 2.38 bits per heavy atom. The largest absolute Gasteiger partial charge is 0.573 e. The van der Waals surface area contributed by atoms with Crippen LogP contribution in [-0.4, -0.2) is 6.36 Å².